The van der Waals surface area contributed by atoms with Crippen molar-refractivity contribution >= 4 is 29.4 Å². The van der Waals surface area contributed by atoms with E-state index in [0.717, 1.165) is 10.5 Å². The molecule has 2 rings (SSSR count). The van der Waals surface area contributed by atoms with Crippen LogP contribution in [0.15, 0.2) is 42.5 Å². The quantitative estimate of drug-likeness (QED) is 0.559. The summed E-state index contributed by atoms with van der Waals surface area (Å²) in [5.74, 6) is -1.19. The Morgan fingerprint density at radius 1 is 0.900 bits per heavy atom. The number of hydrogen-bond donors (Lipinski definition) is 0. The molecule has 0 saturated carbocycles. The van der Waals surface area contributed by atoms with E-state index in [1.165, 1.54) is 33.5 Å². The predicted octanol–water partition coefficient (Wildman–Crippen LogP) is 2.72. The molecule has 8 nitrogen and oxygen atoms in total. The highest BCUT2D eigenvalue weighted by Gasteiger charge is 2.23. The minimum Gasteiger partial charge on any atom is -0.493 e. The zero-order valence-corrected chi connectivity index (χ0v) is 17.6. The molecule has 0 saturated heterocycles. The number of rotatable bonds is 9. The Morgan fingerprint density at radius 3 is 2.10 bits per heavy atom. The number of carbonyl (C=O) groups excluding carboxylic acids is 3. The van der Waals surface area contributed by atoms with Gasteiger partial charge in [-0.05, 0) is 24.3 Å². The molecule has 0 atom stereocenters. The molecule has 2 aromatic rings. The summed E-state index contributed by atoms with van der Waals surface area (Å²) in [6, 6.07) is 11.8. The SMILES string of the molecule is COC(=O)CN(CC(=O)OC)C(=O)c1ccc(OCc2ccccc2Cl)c(OC)c1. The second-order valence-electron chi connectivity index (χ2n) is 6.06. The zero-order chi connectivity index (χ0) is 22.1. The van der Waals surface area contributed by atoms with Gasteiger partial charge in [0.25, 0.3) is 5.91 Å². The van der Waals surface area contributed by atoms with Gasteiger partial charge in [-0.15, -0.1) is 0 Å². The molecule has 160 valence electrons. The van der Waals surface area contributed by atoms with Crippen molar-refractivity contribution in [2.45, 2.75) is 6.61 Å². The minimum absolute atomic E-state index is 0.199. The fourth-order valence-electron chi connectivity index (χ4n) is 2.51. The first-order valence-corrected chi connectivity index (χ1v) is 9.24. The summed E-state index contributed by atoms with van der Waals surface area (Å²) in [6.07, 6.45) is 0. The number of ether oxygens (including phenoxy) is 4. The first-order chi connectivity index (χ1) is 14.4. The molecule has 0 bridgehead atoms. The number of nitrogens with zero attached hydrogens (tertiary/aromatic N) is 1. The third-order valence-corrected chi connectivity index (χ3v) is 4.50. The average molecular weight is 436 g/mol. The Labute approximate surface area is 179 Å². The Hall–Kier alpha value is -3.26. The van der Waals surface area contributed by atoms with Crippen molar-refractivity contribution < 1.29 is 33.3 Å². The molecule has 2 aromatic carbocycles. The number of amides is 1. The van der Waals surface area contributed by atoms with Gasteiger partial charge in [0.05, 0.1) is 21.3 Å². The van der Waals surface area contributed by atoms with Crippen LogP contribution in [0.3, 0.4) is 0 Å². The van der Waals surface area contributed by atoms with E-state index in [9.17, 15) is 14.4 Å². The average Bonchev–Trinajstić information content (AvgIpc) is 2.77. The first kappa shape index (κ1) is 23.0. The minimum atomic E-state index is -0.668. The van der Waals surface area contributed by atoms with Crippen LogP contribution in [-0.2, 0) is 25.7 Å². The lowest BCUT2D eigenvalue weighted by molar-refractivity contribution is -0.144. The van der Waals surface area contributed by atoms with Crippen molar-refractivity contribution in [2.75, 3.05) is 34.4 Å². The van der Waals surface area contributed by atoms with E-state index in [1.807, 2.05) is 18.2 Å². The summed E-state index contributed by atoms with van der Waals surface area (Å²) < 4.78 is 20.3. The summed E-state index contributed by atoms with van der Waals surface area (Å²) in [7, 11) is 3.82. The fraction of sp³-hybridized carbons (Fsp3) is 0.286. The second-order valence-corrected chi connectivity index (χ2v) is 6.47. The Morgan fingerprint density at radius 2 is 1.53 bits per heavy atom. The van der Waals surface area contributed by atoms with Crippen molar-refractivity contribution in [2.24, 2.45) is 0 Å². The van der Waals surface area contributed by atoms with Crippen LogP contribution >= 0.6 is 11.6 Å². The summed E-state index contributed by atoms with van der Waals surface area (Å²) in [5, 5.41) is 0.574. The van der Waals surface area contributed by atoms with Gasteiger partial charge >= 0.3 is 11.9 Å². The lowest BCUT2D eigenvalue weighted by Gasteiger charge is -2.21. The maximum absolute atomic E-state index is 12.8. The number of carbonyl (C=O) groups is 3. The van der Waals surface area contributed by atoms with E-state index in [0.29, 0.717) is 16.5 Å². The van der Waals surface area contributed by atoms with Crippen molar-refractivity contribution in [3.63, 3.8) is 0 Å². The maximum atomic E-state index is 12.8. The maximum Gasteiger partial charge on any atom is 0.325 e. The van der Waals surface area contributed by atoms with E-state index in [1.54, 1.807) is 12.1 Å². The highest BCUT2D eigenvalue weighted by molar-refractivity contribution is 6.31. The van der Waals surface area contributed by atoms with Gasteiger partial charge in [-0.25, -0.2) is 0 Å². The zero-order valence-electron chi connectivity index (χ0n) is 16.8. The molecule has 0 aliphatic heterocycles. The topological polar surface area (TPSA) is 91.4 Å². The third kappa shape index (κ3) is 6.12. The molecule has 0 aliphatic carbocycles. The molecule has 0 fully saturated rings. The van der Waals surface area contributed by atoms with Gasteiger partial charge < -0.3 is 23.8 Å². The molecule has 1 amide bonds. The highest BCUT2D eigenvalue weighted by Crippen LogP contribution is 2.30. The number of benzene rings is 2. The van der Waals surface area contributed by atoms with Gasteiger partial charge in [-0.2, -0.15) is 0 Å². The highest BCUT2D eigenvalue weighted by atomic mass is 35.5. The first-order valence-electron chi connectivity index (χ1n) is 8.86. The fourth-order valence-corrected chi connectivity index (χ4v) is 2.70. The summed E-state index contributed by atoms with van der Waals surface area (Å²) >= 11 is 6.14. The second kappa shape index (κ2) is 11.1. The van der Waals surface area contributed by atoms with Crippen LogP contribution in [-0.4, -0.2) is 57.2 Å². The molecule has 0 unspecified atom stereocenters. The van der Waals surface area contributed by atoms with Gasteiger partial charge in [-0.3, -0.25) is 14.4 Å². The van der Waals surface area contributed by atoms with Crippen molar-refractivity contribution in [3.8, 4) is 11.5 Å². The largest absolute Gasteiger partial charge is 0.493 e. The van der Waals surface area contributed by atoms with Crippen LogP contribution in [0, 0.1) is 0 Å². The monoisotopic (exact) mass is 435 g/mol. The van der Waals surface area contributed by atoms with Crippen LogP contribution < -0.4 is 9.47 Å². The predicted molar refractivity (Wildman–Crippen MR) is 109 cm³/mol. The van der Waals surface area contributed by atoms with Crippen LogP contribution in [0.1, 0.15) is 15.9 Å². The number of halogens is 1. The smallest absolute Gasteiger partial charge is 0.325 e. The summed E-state index contributed by atoms with van der Waals surface area (Å²) in [5.41, 5.74) is 0.994. The van der Waals surface area contributed by atoms with E-state index in [-0.39, 0.29) is 12.2 Å². The van der Waals surface area contributed by atoms with Gasteiger partial charge in [0.15, 0.2) is 11.5 Å². The molecule has 0 spiro atoms. The molecule has 0 N–H and O–H groups in total. The molecule has 9 heteroatoms. The van der Waals surface area contributed by atoms with Gasteiger partial charge in [-0.1, -0.05) is 29.8 Å². The molecule has 0 heterocycles. The van der Waals surface area contributed by atoms with E-state index in [2.05, 4.69) is 9.47 Å². The molecule has 30 heavy (non-hydrogen) atoms. The molecule has 0 aliphatic rings. The van der Waals surface area contributed by atoms with E-state index < -0.39 is 30.9 Å². The van der Waals surface area contributed by atoms with Crippen molar-refractivity contribution in [1.29, 1.82) is 0 Å². The summed E-state index contributed by atoms with van der Waals surface area (Å²) in [4.78, 5) is 37.1. The lowest BCUT2D eigenvalue weighted by Crippen LogP contribution is -2.40. The molecular weight excluding hydrogens is 414 g/mol. The van der Waals surface area contributed by atoms with E-state index in [4.69, 9.17) is 21.1 Å². The van der Waals surface area contributed by atoms with Gasteiger partial charge in [0, 0.05) is 16.1 Å². The van der Waals surface area contributed by atoms with Crippen molar-refractivity contribution in [3.05, 3.63) is 58.6 Å². The number of hydrogen-bond acceptors (Lipinski definition) is 7. The van der Waals surface area contributed by atoms with Gasteiger partial charge in [0.1, 0.15) is 19.7 Å². The standard InChI is InChI=1S/C21H22ClNO7/c1-27-18-10-14(21(26)23(11-19(24)28-2)12-20(25)29-3)8-9-17(18)30-13-15-6-4-5-7-16(15)22/h4-10H,11-13H2,1-3H3. The van der Waals surface area contributed by atoms with Crippen LogP contribution in [0.5, 0.6) is 11.5 Å². The van der Waals surface area contributed by atoms with E-state index >= 15 is 0 Å². The number of esters is 2. The lowest BCUT2D eigenvalue weighted by atomic mass is 10.1. The van der Waals surface area contributed by atoms with Gasteiger partial charge in [0.2, 0.25) is 0 Å². The molecular formula is C21H22ClNO7. The molecule has 0 radical (unpaired) electrons. The summed E-state index contributed by atoms with van der Waals surface area (Å²) in [6.45, 7) is -0.602. The van der Waals surface area contributed by atoms with Crippen LogP contribution in [0.25, 0.3) is 0 Å². The number of methoxy groups -OCH3 is 3. The Bertz CT molecular complexity index is 898. The van der Waals surface area contributed by atoms with Crippen LogP contribution in [0.2, 0.25) is 5.02 Å². The normalized spacial score (nSPS) is 10.1. The Kier molecular flexibility index (Phi) is 8.49. The Balaban J connectivity index is 2.21. The third-order valence-electron chi connectivity index (χ3n) is 4.13. The van der Waals surface area contributed by atoms with Crippen LogP contribution in [0.4, 0.5) is 0 Å². The molecule has 0 aromatic heterocycles. The van der Waals surface area contributed by atoms with Crippen molar-refractivity contribution in [1.82, 2.24) is 4.90 Å².